The van der Waals surface area contributed by atoms with Crippen molar-refractivity contribution < 1.29 is 27.8 Å². The second-order valence-electron chi connectivity index (χ2n) is 6.71. The Hall–Kier alpha value is -2.61. The zero-order valence-electron chi connectivity index (χ0n) is 16.1. The number of benzene rings is 2. The molecule has 0 bridgehead atoms. The number of nitrogens with zero attached hydrogens (tertiary/aromatic N) is 1. The molecule has 0 fully saturated rings. The van der Waals surface area contributed by atoms with E-state index in [1.165, 1.54) is 12.1 Å². The smallest absolute Gasteiger partial charge is 0.416 e. The summed E-state index contributed by atoms with van der Waals surface area (Å²) in [7, 11) is 0. The fourth-order valence-corrected chi connectivity index (χ4v) is 3.50. The Bertz CT molecular complexity index is 1120. The molecule has 3 aromatic rings. The molecule has 0 aliphatic rings. The molecule has 2 aromatic carbocycles. The molecule has 0 unspecified atom stereocenters. The molecule has 0 aliphatic carbocycles. The number of alkyl halides is 3. The van der Waals surface area contributed by atoms with Crippen LogP contribution in [0.2, 0.25) is 10.0 Å². The Morgan fingerprint density at radius 1 is 1.06 bits per heavy atom. The number of rotatable bonds is 6. The lowest BCUT2D eigenvalue weighted by atomic mass is 9.96. The van der Waals surface area contributed by atoms with Gasteiger partial charge in [-0.15, -0.1) is 0 Å². The fraction of sp³-hybridized carbons (Fsp3) is 0.182. The summed E-state index contributed by atoms with van der Waals surface area (Å²) in [5.74, 6) is -1.10. The number of aliphatic carboxylic acids is 1. The van der Waals surface area contributed by atoms with Crippen molar-refractivity contribution in [3.63, 3.8) is 0 Å². The van der Waals surface area contributed by atoms with Gasteiger partial charge in [0.2, 0.25) is 0 Å². The number of carboxylic acids is 1. The Balaban J connectivity index is 2.13. The molecule has 0 aliphatic heterocycles. The molecule has 9 heteroatoms. The van der Waals surface area contributed by atoms with Gasteiger partial charge in [-0.2, -0.15) is 13.2 Å². The van der Waals surface area contributed by atoms with Crippen LogP contribution >= 0.6 is 23.2 Å². The average Bonchev–Trinajstić information content (AvgIpc) is 2.68. The molecule has 0 atom stereocenters. The van der Waals surface area contributed by atoms with E-state index in [0.29, 0.717) is 43.7 Å². The van der Waals surface area contributed by atoms with E-state index < -0.39 is 24.3 Å². The van der Waals surface area contributed by atoms with Crippen LogP contribution in [-0.4, -0.2) is 22.7 Å². The zero-order chi connectivity index (χ0) is 22.8. The van der Waals surface area contributed by atoms with Gasteiger partial charge < -0.3 is 9.84 Å². The van der Waals surface area contributed by atoms with Gasteiger partial charge in [-0.25, -0.2) is 4.79 Å². The monoisotopic (exact) mass is 469 g/mol. The molecule has 31 heavy (non-hydrogen) atoms. The topological polar surface area (TPSA) is 59.4 Å². The van der Waals surface area contributed by atoms with E-state index >= 15 is 0 Å². The van der Waals surface area contributed by atoms with E-state index in [1.54, 1.807) is 31.2 Å². The second-order valence-corrected chi connectivity index (χ2v) is 7.56. The van der Waals surface area contributed by atoms with E-state index in [0.717, 1.165) is 12.1 Å². The zero-order valence-corrected chi connectivity index (χ0v) is 17.6. The molecule has 162 valence electrons. The highest BCUT2D eigenvalue weighted by Crippen LogP contribution is 2.38. The van der Waals surface area contributed by atoms with Crippen LogP contribution in [-0.2, 0) is 22.3 Å². The summed E-state index contributed by atoms with van der Waals surface area (Å²) >= 11 is 12.4. The first-order valence-electron chi connectivity index (χ1n) is 8.99. The lowest BCUT2D eigenvalue weighted by molar-refractivity contribution is -0.142. The number of hydrogen-bond donors (Lipinski definition) is 1. The maximum Gasteiger partial charge on any atom is 0.416 e. The average molecular weight is 470 g/mol. The molecule has 0 spiro atoms. The molecular weight excluding hydrogens is 454 g/mol. The molecule has 1 N–H and O–H groups in total. The standard InChI is InChI=1S/C22H16Cl2F3NO3/c1-12-14(10-31-11-20(29)30)8-18(17-7-6-16(23)9-19(17)24)21(28-12)13-2-4-15(5-3-13)22(25,26)27/h2-9H,10-11H2,1H3,(H,29,30). The van der Waals surface area contributed by atoms with Gasteiger partial charge in [0.25, 0.3) is 0 Å². The van der Waals surface area contributed by atoms with Gasteiger partial charge in [-0.3, -0.25) is 4.98 Å². The highest BCUT2D eigenvalue weighted by molar-refractivity contribution is 6.36. The van der Waals surface area contributed by atoms with Crippen molar-refractivity contribution >= 4 is 29.2 Å². The molecule has 0 radical (unpaired) electrons. The summed E-state index contributed by atoms with van der Waals surface area (Å²) in [5.41, 5.74) is 2.44. The molecule has 0 amide bonds. The number of aryl methyl sites for hydroxylation is 1. The number of aromatic nitrogens is 1. The van der Waals surface area contributed by atoms with Gasteiger partial charge in [0.15, 0.2) is 0 Å². The Labute approximate surface area is 186 Å². The molecule has 1 aromatic heterocycles. The first-order chi connectivity index (χ1) is 14.6. The van der Waals surface area contributed by atoms with Gasteiger partial charge >= 0.3 is 12.1 Å². The van der Waals surface area contributed by atoms with Crippen molar-refractivity contribution in [1.29, 1.82) is 0 Å². The van der Waals surface area contributed by atoms with Crippen LogP contribution in [0.1, 0.15) is 16.8 Å². The van der Waals surface area contributed by atoms with Crippen molar-refractivity contribution in [2.75, 3.05) is 6.61 Å². The van der Waals surface area contributed by atoms with E-state index in [-0.39, 0.29) is 6.61 Å². The van der Waals surface area contributed by atoms with Crippen molar-refractivity contribution in [3.05, 3.63) is 75.4 Å². The Morgan fingerprint density at radius 2 is 1.74 bits per heavy atom. The summed E-state index contributed by atoms with van der Waals surface area (Å²) in [5, 5.41) is 9.54. The Morgan fingerprint density at radius 3 is 2.32 bits per heavy atom. The largest absolute Gasteiger partial charge is 0.480 e. The van der Waals surface area contributed by atoms with Crippen LogP contribution in [0.5, 0.6) is 0 Å². The normalized spacial score (nSPS) is 11.5. The first-order valence-corrected chi connectivity index (χ1v) is 9.75. The Kier molecular flexibility index (Phi) is 6.89. The number of halogens is 5. The lowest BCUT2D eigenvalue weighted by Gasteiger charge is -2.16. The number of hydrogen-bond acceptors (Lipinski definition) is 3. The van der Waals surface area contributed by atoms with E-state index in [2.05, 4.69) is 4.98 Å². The van der Waals surface area contributed by atoms with E-state index in [1.807, 2.05) is 0 Å². The fourth-order valence-electron chi connectivity index (χ4n) is 2.99. The third-order valence-electron chi connectivity index (χ3n) is 4.51. The van der Waals surface area contributed by atoms with Crippen molar-refractivity contribution in [3.8, 4) is 22.4 Å². The van der Waals surface area contributed by atoms with Crippen LogP contribution in [0, 0.1) is 6.92 Å². The van der Waals surface area contributed by atoms with E-state index in [4.69, 9.17) is 33.0 Å². The predicted octanol–water partition coefficient (Wildman–Crippen LogP) is 6.65. The van der Waals surface area contributed by atoms with Gasteiger partial charge in [0.05, 0.1) is 17.9 Å². The molecule has 0 saturated heterocycles. The SMILES string of the molecule is Cc1nc(-c2ccc(C(F)(F)F)cc2)c(-c2ccc(Cl)cc2Cl)cc1COCC(=O)O. The summed E-state index contributed by atoms with van der Waals surface area (Å²) < 4.78 is 44.0. The third kappa shape index (κ3) is 5.55. The highest BCUT2D eigenvalue weighted by Gasteiger charge is 2.30. The summed E-state index contributed by atoms with van der Waals surface area (Å²) in [6, 6.07) is 11.3. The predicted molar refractivity (Wildman–Crippen MR) is 112 cm³/mol. The maximum atomic E-state index is 12.9. The van der Waals surface area contributed by atoms with Gasteiger partial charge in [0.1, 0.15) is 6.61 Å². The quantitative estimate of drug-likeness (QED) is 0.438. The van der Waals surface area contributed by atoms with Crippen LogP contribution in [0.15, 0.2) is 48.5 Å². The van der Waals surface area contributed by atoms with Gasteiger partial charge in [0, 0.05) is 32.4 Å². The van der Waals surface area contributed by atoms with Gasteiger partial charge in [-0.1, -0.05) is 41.4 Å². The van der Waals surface area contributed by atoms with Crippen molar-refractivity contribution in [2.45, 2.75) is 19.7 Å². The maximum absolute atomic E-state index is 12.9. The first kappa shape index (κ1) is 23.1. The lowest BCUT2D eigenvalue weighted by Crippen LogP contribution is -2.08. The third-order valence-corrected chi connectivity index (χ3v) is 5.06. The number of carbonyl (C=O) groups is 1. The van der Waals surface area contributed by atoms with Crippen LogP contribution in [0.4, 0.5) is 13.2 Å². The summed E-state index contributed by atoms with van der Waals surface area (Å²) in [6.07, 6.45) is -4.45. The second kappa shape index (κ2) is 9.26. The molecule has 0 saturated carbocycles. The number of ether oxygens (including phenoxy) is 1. The minimum Gasteiger partial charge on any atom is -0.480 e. The van der Waals surface area contributed by atoms with Crippen LogP contribution < -0.4 is 0 Å². The molecule has 3 rings (SSSR count). The number of carboxylic acid groups (broad SMARTS) is 1. The number of pyridine rings is 1. The highest BCUT2D eigenvalue weighted by atomic mass is 35.5. The molecule has 4 nitrogen and oxygen atoms in total. The van der Waals surface area contributed by atoms with E-state index in [9.17, 15) is 18.0 Å². The molecule has 1 heterocycles. The minimum atomic E-state index is -4.45. The van der Waals surface area contributed by atoms with Crippen molar-refractivity contribution in [2.24, 2.45) is 0 Å². The minimum absolute atomic E-state index is 0.00334. The summed E-state index contributed by atoms with van der Waals surface area (Å²) in [4.78, 5) is 15.3. The van der Waals surface area contributed by atoms with Crippen LogP contribution in [0.3, 0.4) is 0 Å². The molecular formula is C22H16Cl2F3NO3. The van der Waals surface area contributed by atoms with Crippen molar-refractivity contribution in [1.82, 2.24) is 4.98 Å². The van der Waals surface area contributed by atoms with Crippen LogP contribution in [0.25, 0.3) is 22.4 Å². The van der Waals surface area contributed by atoms with Gasteiger partial charge in [-0.05, 0) is 42.8 Å². The summed E-state index contributed by atoms with van der Waals surface area (Å²) in [6.45, 7) is 1.23.